The van der Waals surface area contributed by atoms with Crippen LogP contribution in [0.3, 0.4) is 0 Å². The summed E-state index contributed by atoms with van der Waals surface area (Å²) in [6.45, 7) is 7.86. The standard InChI is InChI=1S/C17H23NS/c1-4-18-16(12-14-10-11-19-13-14)17(2,3)15-8-6-5-7-9-15/h5-11,13,16,18H,4,12H2,1-3H3. The van der Waals surface area contributed by atoms with E-state index in [4.69, 9.17) is 0 Å². The lowest BCUT2D eigenvalue weighted by atomic mass is 9.75. The van der Waals surface area contributed by atoms with E-state index in [9.17, 15) is 0 Å². The van der Waals surface area contributed by atoms with Crippen LogP contribution in [0, 0.1) is 0 Å². The molecule has 0 aliphatic carbocycles. The van der Waals surface area contributed by atoms with Crippen LogP contribution < -0.4 is 5.32 Å². The molecule has 2 rings (SSSR count). The maximum atomic E-state index is 3.66. The Balaban J connectivity index is 2.22. The second-order valence-corrected chi connectivity index (χ2v) is 6.31. The van der Waals surface area contributed by atoms with Gasteiger partial charge < -0.3 is 5.32 Å². The van der Waals surface area contributed by atoms with Crippen molar-refractivity contribution in [1.29, 1.82) is 0 Å². The molecule has 0 radical (unpaired) electrons. The molecule has 1 aromatic carbocycles. The summed E-state index contributed by atoms with van der Waals surface area (Å²) in [7, 11) is 0. The summed E-state index contributed by atoms with van der Waals surface area (Å²) in [6.07, 6.45) is 1.08. The average Bonchev–Trinajstić information content (AvgIpc) is 2.92. The minimum Gasteiger partial charge on any atom is -0.313 e. The zero-order valence-corrected chi connectivity index (χ0v) is 12.8. The molecule has 0 saturated carbocycles. The molecule has 0 bridgehead atoms. The number of rotatable bonds is 6. The van der Waals surface area contributed by atoms with Crippen molar-refractivity contribution in [1.82, 2.24) is 5.32 Å². The number of hydrogen-bond donors (Lipinski definition) is 1. The average molecular weight is 273 g/mol. The smallest absolute Gasteiger partial charge is 0.0199 e. The van der Waals surface area contributed by atoms with Crippen molar-refractivity contribution in [3.05, 3.63) is 58.3 Å². The second kappa shape index (κ2) is 6.36. The molecular formula is C17H23NS. The van der Waals surface area contributed by atoms with Gasteiger partial charge in [0.25, 0.3) is 0 Å². The van der Waals surface area contributed by atoms with Gasteiger partial charge in [-0.1, -0.05) is 51.1 Å². The highest BCUT2D eigenvalue weighted by molar-refractivity contribution is 7.07. The van der Waals surface area contributed by atoms with Crippen molar-refractivity contribution in [2.24, 2.45) is 0 Å². The van der Waals surface area contributed by atoms with E-state index in [1.807, 2.05) is 0 Å². The minimum atomic E-state index is 0.124. The van der Waals surface area contributed by atoms with Gasteiger partial charge in [0.05, 0.1) is 0 Å². The number of likely N-dealkylation sites (N-methyl/N-ethyl adjacent to an activating group) is 1. The molecule has 1 N–H and O–H groups in total. The van der Waals surface area contributed by atoms with Crippen molar-refractivity contribution in [3.63, 3.8) is 0 Å². The molecule has 1 unspecified atom stereocenters. The van der Waals surface area contributed by atoms with Gasteiger partial charge in [0, 0.05) is 11.5 Å². The van der Waals surface area contributed by atoms with E-state index in [1.165, 1.54) is 11.1 Å². The fraction of sp³-hybridized carbons (Fsp3) is 0.412. The summed E-state index contributed by atoms with van der Waals surface area (Å²) in [6, 6.07) is 13.5. The van der Waals surface area contributed by atoms with Gasteiger partial charge in [-0.05, 0) is 40.9 Å². The lowest BCUT2D eigenvalue weighted by Gasteiger charge is -2.35. The molecular weight excluding hydrogens is 250 g/mol. The fourth-order valence-corrected chi connectivity index (χ4v) is 3.22. The molecule has 1 atom stereocenters. The zero-order valence-electron chi connectivity index (χ0n) is 12.0. The normalized spacial score (nSPS) is 13.4. The first-order chi connectivity index (χ1) is 9.14. The Morgan fingerprint density at radius 2 is 1.89 bits per heavy atom. The topological polar surface area (TPSA) is 12.0 Å². The third-order valence-electron chi connectivity index (χ3n) is 3.86. The quantitative estimate of drug-likeness (QED) is 0.830. The van der Waals surface area contributed by atoms with Crippen LogP contribution in [0.2, 0.25) is 0 Å². The summed E-state index contributed by atoms with van der Waals surface area (Å²) in [5, 5.41) is 8.08. The predicted molar refractivity (Wildman–Crippen MR) is 85.0 cm³/mol. The molecule has 2 aromatic rings. The van der Waals surface area contributed by atoms with Gasteiger partial charge in [-0.25, -0.2) is 0 Å². The molecule has 102 valence electrons. The highest BCUT2D eigenvalue weighted by atomic mass is 32.1. The first kappa shape index (κ1) is 14.3. The van der Waals surface area contributed by atoms with Crippen molar-refractivity contribution >= 4 is 11.3 Å². The summed E-state index contributed by atoms with van der Waals surface area (Å²) < 4.78 is 0. The number of nitrogens with one attached hydrogen (secondary N) is 1. The Morgan fingerprint density at radius 1 is 1.16 bits per heavy atom. The van der Waals surface area contributed by atoms with Crippen LogP contribution in [0.25, 0.3) is 0 Å². The van der Waals surface area contributed by atoms with Crippen LogP contribution in [0.5, 0.6) is 0 Å². The maximum Gasteiger partial charge on any atom is 0.0199 e. The highest BCUT2D eigenvalue weighted by Crippen LogP contribution is 2.29. The molecule has 0 spiro atoms. The summed E-state index contributed by atoms with van der Waals surface area (Å²) in [5.74, 6) is 0. The lowest BCUT2D eigenvalue weighted by Crippen LogP contribution is -2.46. The third kappa shape index (κ3) is 3.46. The van der Waals surface area contributed by atoms with Crippen LogP contribution >= 0.6 is 11.3 Å². The fourth-order valence-electron chi connectivity index (χ4n) is 2.54. The second-order valence-electron chi connectivity index (χ2n) is 5.53. The SMILES string of the molecule is CCNC(Cc1ccsc1)C(C)(C)c1ccccc1. The minimum absolute atomic E-state index is 0.124. The Kier molecular flexibility index (Phi) is 4.78. The maximum absolute atomic E-state index is 3.66. The number of thiophene rings is 1. The largest absolute Gasteiger partial charge is 0.313 e. The van der Waals surface area contributed by atoms with Crippen LogP contribution in [0.4, 0.5) is 0 Å². The van der Waals surface area contributed by atoms with E-state index in [1.54, 1.807) is 11.3 Å². The zero-order chi connectivity index (χ0) is 13.7. The molecule has 1 heterocycles. The Morgan fingerprint density at radius 3 is 2.47 bits per heavy atom. The summed E-state index contributed by atoms with van der Waals surface area (Å²) in [5.41, 5.74) is 2.95. The van der Waals surface area contributed by atoms with Gasteiger partial charge in [0.1, 0.15) is 0 Å². The Bertz CT molecular complexity index is 473. The van der Waals surface area contributed by atoms with E-state index in [0.717, 1.165) is 13.0 Å². The third-order valence-corrected chi connectivity index (χ3v) is 4.59. The Hall–Kier alpha value is -1.12. The molecule has 1 aromatic heterocycles. The summed E-state index contributed by atoms with van der Waals surface area (Å²) in [4.78, 5) is 0. The molecule has 0 saturated heterocycles. The van der Waals surface area contributed by atoms with Gasteiger partial charge in [-0.15, -0.1) is 0 Å². The van der Waals surface area contributed by atoms with Crippen molar-refractivity contribution in [2.75, 3.05) is 6.54 Å². The van der Waals surface area contributed by atoms with E-state index in [0.29, 0.717) is 6.04 Å². The molecule has 0 fully saturated rings. The summed E-state index contributed by atoms with van der Waals surface area (Å²) >= 11 is 1.78. The lowest BCUT2D eigenvalue weighted by molar-refractivity contribution is 0.343. The van der Waals surface area contributed by atoms with Crippen LogP contribution in [0.1, 0.15) is 31.9 Å². The molecule has 0 amide bonds. The van der Waals surface area contributed by atoms with Gasteiger partial charge in [0.15, 0.2) is 0 Å². The molecule has 2 heteroatoms. The first-order valence-corrected chi connectivity index (χ1v) is 7.89. The Labute approximate surface area is 120 Å². The van der Waals surface area contributed by atoms with Crippen LogP contribution in [-0.4, -0.2) is 12.6 Å². The van der Waals surface area contributed by atoms with Crippen LogP contribution in [0.15, 0.2) is 47.2 Å². The van der Waals surface area contributed by atoms with E-state index in [-0.39, 0.29) is 5.41 Å². The molecule has 1 nitrogen and oxygen atoms in total. The van der Waals surface area contributed by atoms with Crippen molar-refractivity contribution < 1.29 is 0 Å². The van der Waals surface area contributed by atoms with Gasteiger partial charge >= 0.3 is 0 Å². The molecule has 0 aliphatic heterocycles. The van der Waals surface area contributed by atoms with Gasteiger partial charge in [0.2, 0.25) is 0 Å². The molecule has 0 aliphatic rings. The van der Waals surface area contributed by atoms with E-state index >= 15 is 0 Å². The van der Waals surface area contributed by atoms with E-state index < -0.39 is 0 Å². The van der Waals surface area contributed by atoms with Gasteiger partial charge in [-0.3, -0.25) is 0 Å². The molecule has 19 heavy (non-hydrogen) atoms. The monoisotopic (exact) mass is 273 g/mol. The van der Waals surface area contributed by atoms with Crippen molar-refractivity contribution in [2.45, 2.75) is 38.6 Å². The van der Waals surface area contributed by atoms with Crippen LogP contribution in [-0.2, 0) is 11.8 Å². The number of benzene rings is 1. The number of hydrogen-bond acceptors (Lipinski definition) is 2. The highest BCUT2D eigenvalue weighted by Gasteiger charge is 2.30. The predicted octanol–water partition coefficient (Wildman–Crippen LogP) is 4.25. The first-order valence-electron chi connectivity index (χ1n) is 6.94. The van der Waals surface area contributed by atoms with Crippen molar-refractivity contribution in [3.8, 4) is 0 Å². The van der Waals surface area contributed by atoms with E-state index in [2.05, 4.69) is 73.2 Å². The van der Waals surface area contributed by atoms with Gasteiger partial charge in [-0.2, -0.15) is 11.3 Å².